The quantitative estimate of drug-likeness (QED) is 0.785. The maximum absolute atomic E-state index is 5.78. The molecule has 3 nitrogen and oxygen atoms in total. The lowest BCUT2D eigenvalue weighted by atomic mass is 10.2. The van der Waals surface area contributed by atoms with E-state index in [0.717, 1.165) is 0 Å². The van der Waals surface area contributed by atoms with E-state index in [-0.39, 0.29) is 18.5 Å². The maximum atomic E-state index is 5.78. The van der Waals surface area contributed by atoms with Gasteiger partial charge in [0, 0.05) is 0 Å². The summed E-state index contributed by atoms with van der Waals surface area (Å²) in [5, 5.41) is 0. The smallest absolute Gasteiger partial charge is 0.155 e. The highest BCUT2D eigenvalue weighted by Crippen LogP contribution is 2.16. The van der Waals surface area contributed by atoms with Gasteiger partial charge in [0.1, 0.15) is 6.10 Å². The SMILES string of the molecule is C[C@H]1OC[C@@H](OCc2ccccc2)[C@@H](C)O1. The molecule has 0 amide bonds. The minimum atomic E-state index is -0.119. The van der Waals surface area contributed by atoms with E-state index in [1.54, 1.807) is 0 Å². The molecule has 0 saturated carbocycles. The summed E-state index contributed by atoms with van der Waals surface area (Å²) < 4.78 is 16.7. The Morgan fingerprint density at radius 3 is 2.69 bits per heavy atom. The molecule has 1 aromatic rings. The first-order valence-electron chi connectivity index (χ1n) is 5.68. The second-order valence-electron chi connectivity index (χ2n) is 4.08. The van der Waals surface area contributed by atoms with Crippen LogP contribution in [0.1, 0.15) is 19.4 Å². The van der Waals surface area contributed by atoms with E-state index >= 15 is 0 Å². The summed E-state index contributed by atoms with van der Waals surface area (Å²) in [5.74, 6) is 0. The van der Waals surface area contributed by atoms with E-state index in [1.165, 1.54) is 5.56 Å². The molecule has 0 spiro atoms. The van der Waals surface area contributed by atoms with Crippen molar-refractivity contribution in [3.05, 3.63) is 35.9 Å². The first kappa shape index (κ1) is 11.6. The molecule has 1 aliphatic rings. The largest absolute Gasteiger partial charge is 0.368 e. The molecule has 0 N–H and O–H groups in total. The summed E-state index contributed by atoms with van der Waals surface area (Å²) in [4.78, 5) is 0. The zero-order valence-electron chi connectivity index (χ0n) is 9.76. The molecule has 88 valence electrons. The number of rotatable bonds is 3. The zero-order valence-corrected chi connectivity index (χ0v) is 9.76. The van der Waals surface area contributed by atoms with Crippen molar-refractivity contribution in [2.45, 2.75) is 39.0 Å². The van der Waals surface area contributed by atoms with Crippen LogP contribution in [0.3, 0.4) is 0 Å². The van der Waals surface area contributed by atoms with Gasteiger partial charge >= 0.3 is 0 Å². The second-order valence-corrected chi connectivity index (χ2v) is 4.08. The topological polar surface area (TPSA) is 27.7 Å². The van der Waals surface area contributed by atoms with Crippen LogP contribution in [0.2, 0.25) is 0 Å². The summed E-state index contributed by atoms with van der Waals surface area (Å²) in [7, 11) is 0. The molecule has 0 aliphatic carbocycles. The minimum absolute atomic E-state index is 0.0245. The van der Waals surface area contributed by atoms with Crippen LogP contribution >= 0.6 is 0 Å². The number of ether oxygens (including phenoxy) is 3. The molecule has 0 aromatic heterocycles. The monoisotopic (exact) mass is 222 g/mol. The van der Waals surface area contributed by atoms with Crippen molar-refractivity contribution in [3.63, 3.8) is 0 Å². The van der Waals surface area contributed by atoms with Crippen molar-refractivity contribution in [2.75, 3.05) is 6.61 Å². The van der Waals surface area contributed by atoms with E-state index in [2.05, 4.69) is 12.1 Å². The molecule has 0 bridgehead atoms. The predicted molar refractivity (Wildman–Crippen MR) is 61.0 cm³/mol. The van der Waals surface area contributed by atoms with Gasteiger partial charge in [-0.15, -0.1) is 0 Å². The fourth-order valence-electron chi connectivity index (χ4n) is 1.76. The Morgan fingerprint density at radius 1 is 1.25 bits per heavy atom. The average Bonchev–Trinajstić information content (AvgIpc) is 2.29. The van der Waals surface area contributed by atoms with Crippen LogP contribution in [0.15, 0.2) is 30.3 Å². The molecular weight excluding hydrogens is 204 g/mol. The second kappa shape index (κ2) is 5.43. The van der Waals surface area contributed by atoms with E-state index < -0.39 is 0 Å². The summed E-state index contributed by atoms with van der Waals surface area (Å²) in [6, 6.07) is 10.1. The molecule has 1 aromatic carbocycles. The average molecular weight is 222 g/mol. The minimum Gasteiger partial charge on any atom is -0.368 e. The van der Waals surface area contributed by atoms with Gasteiger partial charge in [-0.05, 0) is 19.4 Å². The Morgan fingerprint density at radius 2 is 2.00 bits per heavy atom. The summed E-state index contributed by atoms with van der Waals surface area (Å²) in [6.45, 7) is 5.14. The van der Waals surface area contributed by atoms with Gasteiger partial charge in [0.2, 0.25) is 0 Å². The van der Waals surface area contributed by atoms with Crippen molar-refractivity contribution in [1.82, 2.24) is 0 Å². The van der Waals surface area contributed by atoms with Crippen molar-refractivity contribution in [3.8, 4) is 0 Å². The van der Waals surface area contributed by atoms with Gasteiger partial charge in [-0.3, -0.25) is 0 Å². The van der Waals surface area contributed by atoms with Gasteiger partial charge in [0.15, 0.2) is 6.29 Å². The van der Waals surface area contributed by atoms with E-state index in [4.69, 9.17) is 14.2 Å². The van der Waals surface area contributed by atoms with Crippen LogP contribution in [0.5, 0.6) is 0 Å². The predicted octanol–water partition coefficient (Wildman–Crippen LogP) is 2.35. The molecule has 3 heteroatoms. The summed E-state index contributed by atoms with van der Waals surface area (Å²) >= 11 is 0. The molecule has 1 heterocycles. The van der Waals surface area contributed by atoms with E-state index in [1.807, 2.05) is 32.0 Å². The normalized spacial score (nSPS) is 30.2. The third-order valence-corrected chi connectivity index (χ3v) is 2.73. The molecule has 1 aliphatic heterocycles. The van der Waals surface area contributed by atoms with E-state index in [0.29, 0.717) is 13.2 Å². The third kappa shape index (κ3) is 3.04. The zero-order chi connectivity index (χ0) is 11.4. The Labute approximate surface area is 96.3 Å². The lowest BCUT2D eigenvalue weighted by Gasteiger charge is -2.33. The molecule has 16 heavy (non-hydrogen) atoms. The van der Waals surface area contributed by atoms with Crippen LogP contribution in [0.25, 0.3) is 0 Å². The fraction of sp³-hybridized carbons (Fsp3) is 0.538. The van der Waals surface area contributed by atoms with Gasteiger partial charge in [-0.2, -0.15) is 0 Å². The highest BCUT2D eigenvalue weighted by atomic mass is 16.7. The fourth-order valence-corrected chi connectivity index (χ4v) is 1.76. The van der Waals surface area contributed by atoms with Crippen molar-refractivity contribution >= 4 is 0 Å². The van der Waals surface area contributed by atoms with Crippen LogP contribution < -0.4 is 0 Å². The van der Waals surface area contributed by atoms with Crippen LogP contribution in [0, 0.1) is 0 Å². The van der Waals surface area contributed by atoms with Gasteiger partial charge in [0.25, 0.3) is 0 Å². The Kier molecular flexibility index (Phi) is 3.93. The molecular formula is C13H18O3. The Balaban J connectivity index is 1.82. The highest BCUT2D eigenvalue weighted by Gasteiger charge is 2.27. The van der Waals surface area contributed by atoms with Crippen molar-refractivity contribution in [1.29, 1.82) is 0 Å². The van der Waals surface area contributed by atoms with Gasteiger partial charge in [-0.25, -0.2) is 0 Å². The van der Waals surface area contributed by atoms with E-state index in [9.17, 15) is 0 Å². The highest BCUT2D eigenvalue weighted by molar-refractivity contribution is 5.13. The molecule has 0 unspecified atom stereocenters. The number of benzene rings is 1. The third-order valence-electron chi connectivity index (χ3n) is 2.73. The number of hydrogen-bond donors (Lipinski definition) is 0. The van der Waals surface area contributed by atoms with Crippen molar-refractivity contribution < 1.29 is 14.2 Å². The Hall–Kier alpha value is -0.900. The summed E-state index contributed by atoms with van der Waals surface area (Å²) in [5.41, 5.74) is 1.17. The first-order chi connectivity index (χ1) is 7.75. The lowest BCUT2D eigenvalue weighted by Crippen LogP contribution is -2.42. The molecule has 0 radical (unpaired) electrons. The molecule has 1 fully saturated rings. The van der Waals surface area contributed by atoms with Crippen LogP contribution in [0.4, 0.5) is 0 Å². The van der Waals surface area contributed by atoms with Gasteiger partial charge in [0.05, 0.1) is 19.3 Å². The van der Waals surface area contributed by atoms with Crippen LogP contribution in [-0.4, -0.2) is 25.1 Å². The number of hydrogen-bond acceptors (Lipinski definition) is 3. The first-order valence-corrected chi connectivity index (χ1v) is 5.68. The lowest BCUT2D eigenvalue weighted by molar-refractivity contribution is -0.251. The van der Waals surface area contributed by atoms with Gasteiger partial charge < -0.3 is 14.2 Å². The maximum Gasteiger partial charge on any atom is 0.155 e. The molecule has 1 saturated heterocycles. The standard InChI is InChI=1S/C13H18O3/c1-10-13(9-14-11(2)16-10)15-8-12-6-4-3-5-7-12/h3-7,10-11,13H,8-9H2,1-2H3/t10-,11+,13-/m1/s1. The van der Waals surface area contributed by atoms with Crippen molar-refractivity contribution in [2.24, 2.45) is 0 Å². The molecule has 2 rings (SSSR count). The summed E-state index contributed by atoms with van der Waals surface area (Å²) in [6.07, 6.45) is -0.00422. The Bertz CT molecular complexity index is 312. The molecule has 3 atom stereocenters. The van der Waals surface area contributed by atoms with Crippen LogP contribution in [-0.2, 0) is 20.8 Å². The van der Waals surface area contributed by atoms with Gasteiger partial charge in [-0.1, -0.05) is 30.3 Å².